The molecule has 0 saturated carbocycles. The number of hydrogen-bond donors (Lipinski definition) is 1. The highest BCUT2D eigenvalue weighted by Gasteiger charge is 2.24. The molecule has 0 amide bonds. The number of methoxy groups -OCH3 is 1. The van der Waals surface area contributed by atoms with Crippen LogP contribution in [0.15, 0.2) is 42.7 Å². The van der Waals surface area contributed by atoms with Crippen molar-refractivity contribution >= 4 is 12.4 Å². The quantitative estimate of drug-likeness (QED) is 0.854. The third-order valence-corrected chi connectivity index (χ3v) is 4.36. The maximum Gasteiger partial charge on any atom is 0.161 e. The van der Waals surface area contributed by atoms with Gasteiger partial charge in [0.25, 0.3) is 0 Å². The van der Waals surface area contributed by atoms with Crippen molar-refractivity contribution in [3.8, 4) is 11.5 Å². The predicted octanol–water partition coefficient (Wildman–Crippen LogP) is 3.06. The van der Waals surface area contributed by atoms with Gasteiger partial charge in [0.2, 0.25) is 0 Å². The van der Waals surface area contributed by atoms with Crippen molar-refractivity contribution in [1.29, 1.82) is 0 Å². The van der Waals surface area contributed by atoms with E-state index in [-0.39, 0.29) is 12.4 Å². The second-order valence-electron chi connectivity index (χ2n) is 5.89. The maximum absolute atomic E-state index is 5.61. The lowest BCUT2D eigenvalue weighted by Crippen LogP contribution is -2.45. The number of piperazine rings is 1. The molecule has 3 rings (SSSR count). The van der Waals surface area contributed by atoms with Gasteiger partial charge >= 0.3 is 0 Å². The number of benzene rings is 1. The molecule has 1 aliphatic heterocycles. The van der Waals surface area contributed by atoms with E-state index in [0.717, 1.165) is 37.7 Å². The van der Waals surface area contributed by atoms with Crippen molar-refractivity contribution < 1.29 is 9.47 Å². The molecule has 1 aliphatic rings. The fourth-order valence-corrected chi connectivity index (χ4v) is 3.17. The molecule has 25 heavy (non-hydrogen) atoms. The van der Waals surface area contributed by atoms with Crippen molar-refractivity contribution in [2.45, 2.75) is 19.5 Å². The van der Waals surface area contributed by atoms with Gasteiger partial charge in [-0.05, 0) is 42.3 Å². The lowest BCUT2D eigenvalue weighted by atomic mass is 10.0. The summed E-state index contributed by atoms with van der Waals surface area (Å²) in [6.07, 6.45) is 3.73. The molecule has 0 aliphatic carbocycles. The summed E-state index contributed by atoms with van der Waals surface area (Å²) in [5, 5.41) is 3.49. The van der Waals surface area contributed by atoms with Crippen LogP contribution in [0.4, 0.5) is 0 Å². The van der Waals surface area contributed by atoms with Gasteiger partial charge in [0.1, 0.15) is 0 Å². The highest BCUT2D eigenvalue weighted by molar-refractivity contribution is 5.85. The topological polar surface area (TPSA) is 46.6 Å². The molecular formula is C19H26ClN3O2. The summed E-state index contributed by atoms with van der Waals surface area (Å²) in [5.41, 5.74) is 2.53. The molecule has 0 radical (unpaired) electrons. The molecule has 1 aromatic heterocycles. The molecule has 1 fully saturated rings. The molecule has 1 N–H and O–H groups in total. The van der Waals surface area contributed by atoms with Gasteiger partial charge in [0.15, 0.2) is 11.5 Å². The average molecular weight is 364 g/mol. The summed E-state index contributed by atoms with van der Waals surface area (Å²) in [5.74, 6) is 1.60. The minimum Gasteiger partial charge on any atom is -0.493 e. The third kappa shape index (κ3) is 4.84. The van der Waals surface area contributed by atoms with Gasteiger partial charge < -0.3 is 14.8 Å². The Hall–Kier alpha value is -1.82. The van der Waals surface area contributed by atoms with Crippen LogP contribution in [0, 0.1) is 0 Å². The smallest absolute Gasteiger partial charge is 0.161 e. The predicted molar refractivity (Wildman–Crippen MR) is 102 cm³/mol. The lowest BCUT2D eigenvalue weighted by molar-refractivity contribution is 0.153. The molecule has 2 aromatic rings. The first-order chi connectivity index (χ1) is 11.8. The molecule has 1 unspecified atom stereocenters. The second-order valence-corrected chi connectivity index (χ2v) is 5.89. The molecular weight excluding hydrogens is 338 g/mol. The van der Waals surface area contributed by atoms with Crippen LogP contribution in [-0.4, -0.2) is 43.2 Å². The van der Waals surface area contributed by atoms with Gasteiger partial charge in [-0.3, -0.25) is 9.88 Å². The largest absolute Gasteiger partial charge is 0.493 e. The Kier molecular flexibility index (Phi) is 7.50. The van der Waals surface area contributed by atoms with Crippen LogP contribution in [0.3, 0.4) is 0 Å². The van der Waals surface area contributed by atoms with E-state index in [2.05, 4.69) is 39.5 Å². The van der Waals surface area contributed by atoms with E-state index in [1.807, 2.05) is 25.4 Å². The fourth-order valence-electron chi connectivity index (χ4n) is 3.17. The first-order valence-corrected chi connectivity index (χ1v) is 8.46. The van der Waals surface area contributed by atoms with Crippen LogP contribution >= 0.6 is 12.4 Å². The van der Waals surface area contributed by atoms with Gasteiger partial charge in [-0.2, -0.15) is 0 Å². The van der Waals surface area contributed by atoms with Gasteiger partial charge in [0.05, 0.1) is 13.7 Å². The minimum atomic E-state index is 0. The Balaban J connectivity index is 0.00000225. The number of nitrogens with zero attached hydrogens (tertiary/aromatic N) is 2. The van der Waals surface area contributed by atoms with Crippen LogP contribution in [0.25, 0.3) is 0 Å². The van der Waals surface area contributed by atoms with Crippen molar-refractivity contribution in [3.05, 3.63) is 53.9 Å². The Bertz CT molecular complexity index is 654. The maximum atomic E-state index is 5.61. The monoisotopic (exact) mass is 363 g/mol. The number of hydrogen-bond acceptors (Lipinski definition) is 5. The van der Waals surface area contributed by atoms with E-state index >= 15 is 0 Å². The number of halogens is 1. The summed E-state index contributed by atoms with van der Waals surface area (Å²) in [4.78, 5) is 6.63. The number of rotatable bonds is 6. The zero-order chi connectivity index (χ0) is 16.8. The van der Waals surface area contributed by atoms with Crippen LogP contribution in [0.2, 0.25) is 0 Å². The van der Waals surface area contributed by atoms with Crippen LogP contribution in [0.5, 0.6) is 11.5 Å². The molecule has 5 nitrogen and oxygen atoms in total. The second kappa shape index (κ2) is 9.61. The number of nitrogens with one attached hydrogen (secondary N) is 1. The van der Waals surface area contributed by atoms with E-state index in [1.54, 1.807) is 7.11 Å². The van der Waals surface area contributed by atoms with Crippen LogP contribution in [-0.2, 0) is 6.54 Å². The molecule has 0 spiro atoms. The van der Waals surface area contributed by atoms with E-state index in [0.29, 0.717) is 12.6 Å². The van der Waals surface area contributed by atoms with Crippen molar-refractivity contribution in [3.63, 3.8) is 0 Å². The van der Waals surface area contributed by atoms with E-state index in [1.165, 1.54) is 11.1 Å². The Morgan fingerprint density at radius 2 is 2.00 bits per heavy atom. The fraction of sp³-hybridized carbons (Fsp3) is 0.421. The van der Waals surface area contributed by atoms with E-state index in [4.69, 9.17) is 9.47 Å². The summed E-state index contributed by atoms with van der Waals surface area (Å²) < 4.78 is 11.1. The van der Waals surface area contributed by atoms with Gasteiger partial charge in [-0.15, -0.1) is 12.4 Å². The Labute approximate surface area is 155 Å². The van der Waals surface area contributed by atoms with Crippen LogP contribution in [0.1, 0.15) is 24.1 Å². The van der Waals surface area contributed by atoms with Gasteiger partial charge in [0, 0.05) is 44.6 Å². The summed E-state index contributed by atoms with van der Waals surface area (Å²) in [6.45, 7) is 6.49. The lowest BCUT2D eigenvalue weighted by Gasteiger charge is -2.36. The first kappa shape index (κ1) is 19.5. The van der Waals surface area contributed by atoms with Crippen molar-refractivity contribution in [2.24, 2.45) is 0 Å². The van der Waals surface area contributed by atoms with Crippen LogP contribution < -0.4 is 14.8 Å². The van der Waals surface area contributed by atoms with Gasteiger partial charge in [-0.1, -0.05) is 6.07 Å². The zero-order valence-electron chi connectivity index (χ0n) is 14.8. The number of ether oxygens (including phenoxy) is 2. The number of pyridine rings is 1. The first-order valence-electron chi connectivity index (χ1n) is 8.46. The SMILES string of the molecule is CCOc1ccc(CN2CCNCC2c2ccncc2)cc1OC.Cl. The molecule has 6 heteroatoms. The molecule has 1 saturated heterocycles. The number of aromatic nitrogens is 1. The highest BCUT2D eigenvalue weighted by atomic mass is 35.5. The molecule has 2 heterocycles. The van der Waals surface area contributed by atoms with E-state index < -0.39 is 0 Å². The molecule has 1 aromatic carbocycles. The summed E-state index contributed by atoms with van der Waals surface area (Å²) >= 11 is 0. The molecule has 1 atom stereocenters. The summed E-state index contributed by atoms with van der Waals surface area (Å²) in [6, 6.07) is 10.8. The average Bonchev–Trinajstić information content (AvgIpc) is 2.64. The zero-order valence-corrected chi connectivity index (χ0v) is 15.6. The molecule has 0 bridgehead atoms. The van der Waals surface area contributed by atoms with Crippen molar-refractivity contribution in [1.82, 2.24) is 15.2 Å². The Morgan fingerprint density at radius 3 is 2.72 bits per heavy atom. The minimum absolute atomic E-state index is 0. The third-order valence-electron chi connectivity index (χ3n) is 4.36. The highest BCUT2D eigenvalue weighted by Crippen LogP contribution is 2.30. The summed E-state index contributed by atoms with van der Waals surface area (Å²) in [7, 11) is 1.69. The van der Waals surface area contributed by atoms with Gasteiger partial charge in [-0.25, -0.2) is 0 Å². The Morgan fingerprint density at radius 1 is 1.20 bits per heavy atom. The molecule has 136 valence electrons. The van der Waals surface area contributed by atoms with E-state index in [9.17, 15) is 0 Å². The standard InChI is InChI=1S/C19H25N3O2.ClH/c1-3-24-18-5-4-15(12-19(18)23-2)14-22-11-10-21-13-17(22)16-6-8-20-9-7-16;/h4-9,12,17,21H,3,10-11,13-14H2,1-2H3;1H. The normalized spacial score (nSPS) is 17.6. The van der Waals surface area contributed by atoms with Crippen molar-refractivity contribution in [2.75, 3.05) is 33.4 Å².